The Morgan fingerprint density at radius 2 is 1.90 bits per heavy atom. The van der Waals surface area contributed by atoms with Crippen LogP contribution >= 0.6 is 11.8 Å². The molecule has 0 saturated carbocycles. The van der Waals surface area contributed by atoms with Gasteiger partial charge in [-0.25, -0.2) is 4.98 Å². The summed E-state index contributed by atoms with van der Waals surface area (Å²) in [6.07, 6.45) is 1.76. The highest BCUT2D eigenvalue weighted by molar-refractivity contribution is 7.99. The van der Waals surface area contributed by atoms with Crippen LogP contribution in [0.1, 0.15) is 38.4 Å². The summed E-state index contributed by atoms with van der Waals surface area (Å²) in [7, 11) is 0. The van der Waals surface area contributed by atoms with E-state index in [9.17, 15) is 9.59 Å². The van der Waals surface area contributed by atoms with E-state index >= 15 is 0 Å². The summed E-state index contributed by atoms with van der Waals surface area (Å²) < 4.78 is 3.36. The summed E-state index contributed by atoms with van der Waals surface area (Å²) in [5, 5.41) is 7.88. The number of thioether (sulfide) groups is 1. The minimum Gasteiger partial charge on any atom is -0.325 e. The van der Waals surface area contributed by atoms with Crippen LogP contribution in [-0.2, 0) is 24.3 Å². The van der Waals surface area contributed by atoms with Crippen molar-refractivity contribution in [2.75, 3.05) is 11.1 Å². The number of hydrogen-bond acceptors (Lipinski definition) is 5. The molecule has 0 aliphatic carbocycles. The second kappa shape index (κ2) is 9.26. The van der Waals surface area contributed by atoms with Gasteiger partial charge in [0, 0.05) is 18.8 Å². The monoisotopic (exact) mass is 413 g/mol. The lowest BCUT2D eigenvalue weighted by atomic mass is 10.1. The number of aromatic nitrogens is 4. The van der Waals surface area contributed by atoms with Gasteiger partial charge < -0.3 is 5.32 Å². The fourth-order valence-electron chi connectivity index (χ4n) is 3.20. The van der Waals surface area contributed by atoms with E-state index in [-0.39, 0.29) is 17.2 Å². The van der Waals surface area contributed by atoms with Gasteiger partial charge >= 0.3 is 0 Å². The molecule has 0 fully saturated rings. The summed E-state index contributed by atoms with van der Waals surface area (Å²) in [6.45, 7) is 9.08. The van der Waals surface area contributed by atoms with E-state index in [1.807, 2.05) is 45.0 Å². The van der Waals surface area contributed by atoms with Crippen LogP contribution in [0.3, 0.4) is 0 Å². The lowest BCUT2D eigenvalue weighted by Crippen LogP contribution is -2.25. The van der Waals surface area contributed by atoms with Gasteiger partial charge in [-0.3, -0.25) is 18.8 Å². The average molecular weight is 414 g/mol. The van der Waals surface area contributed by atoms with Crippen molar-refractivity contribution in [1.82, 2.24) is 19.3 Å². The molecular formula is C21H27N5O2S. The van der Waals surface area contributed by atoms with Crippen LogP contribution in [0.25, 0.3) is 11.0 Å². The van der Waals surface area contributed by atoms with Crippen LogP contribution in [0.5, 0.6) is 0 Å². The number of carbonyl (C=O) groups excluding carboxylic acids is 1. The Labute approximate surface area is 174 Å². The number of benzene rings is 1. The minimum atomic E-state index is -0.127. The van der Waals surface area contributed by atoms with Crippen LogP contribution in [0.2, 0.25) is 0 Å². The van der Waals surface area contributed by atoms with E-state index in [2.05, 4.69) is 22.3 Å². The Hall–Kier alpha value is -2.61. The SMILES string of the molecule is CCCn1c(SCC(=O)Nc2ccc(CC)cc2)nc2c(C)nn(CC)c2c1=O. The highest BCUT2D eigenvalue weighted by Crippen LogP contribution is 2.21. The first-order chi connectivity index (χ1) is 14.0. The van der Waals surface area contributed by atoms with E-state index in [4.69, 9.17) is 0 Å². The van der Waals surface area contributed by atoms with E-state index in [1.165, 1.54) is 17.3 Å². The number of hydrogen-bond donors (Lipinski definition) is 1. The standard InChI is InChI=1S/C21H27N5O2S/c1-5-12-25-20(28)19-18(14(4)24-26(19)7-3)23-21(25)29-13-17(27)22-16-10-8-15(6-2)9-11-16/h8-11H,5-7,12-13H2,1-4H3,(H,22,27). The summed E-state index contributed by atoms with van der Waals surface area (Å²) in [6, 6.07) is 7.82. The fraction of sp³-hybridized carbons (Fsp3) is 0.429. The highest BCUT2D eigenvalue weighted by atomic mass is 32.2. The van der Waals surface area contributed by atoms with Crippen LogP contribution in [-0.4, -0.2) is 31.0 Å². The predicted molar refractivity (Wildman–Crippen MR) is 118 cm³/mol. The van der Waals surface area contributed by atoms with Gasteiger partial charge in [0.2, 0.25) is 5.91 Å². The Balaban J connectivity index is 1.82. The van der Waals surface area contributed by atoms with Gasteiger partial charge in [-0.1, -0.05) is 37.7 Å². The van der Waals surface area contributed by atoms with Crippen LogP contribution < -0.4 is 10.9 Å². The van der Waals surface area contributed by atoms with Crippen LogP contribution in [0.15, 0.2) is 34.2 Å². The maximum atomic E-state index is 13.1. The first-order valence-corrected chi connectivity index (χ1v) is 11.0. The molecule has 1 N–H and O–H groups in total. The van der Waals surface area contributed by atoms with E-state index in [0.717, 1.165) is 24.2 Å². The Morgan fingerprint density at radius 1 is 1.17 bits per heavy atom. The van der Waals surface area contributed by atoms with Gasteiger partial charge in [0.1, 0.15) is 5.52 Å². The quantitative estimate of drug-likeness (QED) is 0.450. The third kappa shape index (κ3) is 4.53. The molecule has 1 aromatic carbocycles. The average Bonchev–Trinajstić information content (AvgIpc) is 3.05. The molecule has 7 nitrogen and oxygen atoms in total. The van der Waals surface area contributed by atoms with Crippen molar-refractivity contribution in [2.24, 2.45) is 0 Å². The van der Waals surface area contributed by atoms with Crippen molar-refractivity contribution in [2.45, 2.75) is 58.8 Å². The number of fused-ring (bicyclic) bond motifs is 1. The van der Waals surface area contributed by atoms with Crippen molar-refractivity contribution in [1.29, 1.82) is 0 Å². The summed E-state index contributed by atoms with van der Waals surface area (Å²) in [5.74, 6) is 0.0515. The molecule has 0 aliphatic heterocycles. The van der Waals surface area contributed by atoms with Crippen molar-refractivity contribution >= 4 is 34.4 Å². The summed E-state index contributed by atoms with van der Waals surface area (Å²) in [4.78, 5) is 30.2. The maximum Gasteiger partial charge on any atom is 0.280 e. The lowest BCUT2D eigenvalue weighted by Gasteiger charge is -2.12. The largest absolute Gasteiger partial charge is 0.325 e. The molecule has 154 valence electrons. The Kier molecular flexibility index (Phi) is 6.74. The second-order valence-electron chi connectivity index (χ2n) is 6.84. The first-order valence-electron chi connectivity index (χ1n) is 9.97. The second-order valence-corrected chi connectivity index (χ2v) is 7.78. The van der Waals surface area contributed by atoms with E-state index in [1.54, 1.807) is 9.25 Å². The minimum absolute atomic E-state index is 0.0997. The molecule has 0 unspecified atom stereocenters. The zero-order valence-electron chi connectivity index (χ0n) is 17.4. The van der Waals surface area contributed by atoms with Gasteiger partial charge in [-0.05, 0) is 44.4 Å². The van der Waals surface area contributed by atoms with Gasteiger partial charge in [0.15, 0.2) is 10.7 Å². The molecule has 0 saturated heterocycles. The summed E-state index contributed by atoms with van der Waals surface area (Å²) >= 11 is 1.28. The molecule has 0 aliphatic rings. The molecule has 0 radical (unpaired) electrons. The number of amides is 1. The molecule has 3 aromatic rings. The van der Waals surface area contributed by atoms with E-state index in [0.29, 0.717) is 29.3 Å². The zero-order valence-corrected chi connectivity index (χ0v) is 18.2. The topological polar surface area (TPSA) is 81.8 Å². The molecule has 3 rings (SSSR count). The maximum absolute atomic E-state index is 13.1. The number of carbonyl (C=O) groups is 1. The van der Waals surface area contributed by atoms with E-state index < -0.39 is 0 Å². The normalized spacial score (nSPS) is 11.2. The molecule has 0 spiro atoms. The molecule has 1 amide bonds. The third-order valence-electron chi connectivity index (χ3n) is 4.71. The number of nitrogens with one attached hydrogen (secondary N) is 1. The molecule has 29 heavy (non-hydrogen) atoms. The Morgan fingerprint density at radius 3 is 2.52 bits per heavy atom. The fourth-order valence-corrected chi connectivity index (χ4v) is 4.02. The molecule has 0 atom stereocenters. The van der Waals surface area contributed by atoms with Gasteiger partial charge in [0.05, 0.1) is 11.4 Å². The predicted octanol–water partition coefficient (Wildman–Crippen LogP) is 3.62. The number of anilines is 1. The first kappa shape index (κ1) is 21.1. The van der Waals surface area contributed by atoms with Gasteiger partial charge in [-0.15, -0.1) is 0 Å². The third-order valence-corrected chi connectivity index (χ3v) is 5.68. The Bertz CT molecular complexity index is 1070. The zero-order chi connectivity index (χ0) is 21.0. The van der Waals surface area contributed by atoms with Gasteiger partial charge in [0.25, 0.3) is 5.56 Å². The lowest BCUT2D eigenvalue weighted by molar-refractivity contribution is -0.113. The smallest absolute Gasteiger partial charge is 0.280 e. The number of nitrogens with zero attached hydrogens (tertiary/aromatic N) is 4. The molecule has 2 heterocycles. The molecule has 8 heteroatoms. The van der Waals surface area contributed by atoms with Crippen molar-refractivity contribution in [3.05, 3.63) is 45.9 Å². The molecular weight excluding hydrogens is 386 g/mol. The van der Waals surface area contributed by atoms with Crippen LogP contribution in [0, 0.1) is 6.92 Å². The molecule has 0 bridgehead atoms. The number of aryl methyl sites for hydroxylation is 3. The van der Waals surface area contributed by atoms with Crippen molar-refractivity contribution in [3.8, 4) is 0 Å². The summed E-state index contributed by atoms with van der Waals surface area (Å²) in [5.41, 5.74) is 3.76. The van der Waals surface area contributed by atoms with Crippen molar-refractivity contribution in [3.63, 3.8) is 0 Å². The molecule has 2 aromatic heterocycles. The van der Waals surface area contributed by atoms with Gasteiger partial charge in [-0.2, -0.15) is 5.10 Å². The highest BCUT2D eigenvalue weighted by Gasteiger charge is 2.18. The van der Waals surface area contributed by atoms with Crippen LogP contribution in [0.4, 0.5) is 5.69 Å². The van der Waals surface area contributed by atoms with Crippen molar-refractivity contribution < 1.29 is 4.79 Å². The number of rotatable bonds is 8.